The molecule has 102 valence electrons. The maximum Gasteiger partial charge on any atom is 0.214 e. The van der Waals surface area contributed by atoms with Gasteiger partial charge in [0.1, 0.15) is 0 Å². The first kappa shape index (κ1) is 15.6. The van der Waals surface area contributed by atoms with Crippen molar-refractivity contribution in [3.8, 4) is 0 Å². The van der Waals surface area contributed by atoms with E-state index in [0.717, 1.165) is 16.5 Å². The molecule has 0 aromatic heterocycles. The summed E-state index contributed by atoms with van der Waals surface area (Å²) in [5.41, 5.74) is 2.08. The Bertz CT molecular complexity index is 462. The van der Waals surface area contributed by atoms with Crippen molar-refractivity contribution in [3.63, 3.8) is 0 Å². The molecular formula is C12H18BrNO3S. The Morgan fingerprint density at radius 3 is 2.72 bits per heavy atom. The maximum absolute atomic E-state index is 11.6. The molecule has 0 aliphatic rings. The van der Waals surface area contributed by atoms with Crippen LogP contribution in [0.15, 0.2) is 24.3 Å². The van der Waals surface area contributed by atoms with E-state index in [1.165, 1.54) is 0 Å². The molecule has 0 heterocycles. The third kappa shape index (κ3) is 5.95. The van der Waals surface area contributed by atoms with Gasteiger partial charge in [-0.25, -0.2) is 13.1 Å². The summed E-state index contributed by atoms with van der Waals surface area (Å²) in [5, 5.41) is 0.762. The van der Waals surface area contributed by atoms with Crippen LogP contribution in [0.4, 0.5) is 0 Å². The van der Waals surface area contributed by atoms with Gasteiger partial charge in [-0.15, -0.1) is 0 Å². The highest BCUT2D eigenvalue weighted by Crippen LogP contribution is 2.08. The Morgan fingerprint density at radius 1 is 1.33 bits per heavy atom. The highest BCUT2D eigenvalue weighted by Gasteiger charge is 2.09. The minimum absolute atomic E-state index is 0.00102. The first-order valence-electron chi connectivity index (χ1n) is 5.76. The fraction of sp³-hybridized carbons (Fsp3) is 0.500. The Balaban J connectivity index is 2.48. The van der Waals surface area contributed by atoms with Crippen LogP contribution in [0.5, 0.6) is 0 Å². The number of sulfonamides is 1. The van der Waals surface area contributed by atoms with E-state index in [1.807, 2.05) is 31.2 Å². The lowest BCUT2D eigenvalue weighted by molar-refractivity contribution is 0.163. The second-order valence-corrected chi connectivity index (χ2v) is 6.28. The third-order valence-electron chi connectivity index (χ3n) is 2.34. The van der Waals surface area contributed by atoms with Crippen LogP contribution in [0.2, 0.25) is 0 Å². The van der Waals surface area contributed by atoms with Crippen LogP contribution in [-0.4, -0.2) is 27.4 Å². The molecule has 4 nitrogen and oxygen atoms in total. The van der Waals surface area contributed by atoms with Crippen molar-refractivity contribution < 1.29 is 13.2 Å². The molecule has 0 spiro atoms. The molecule has 0 fully saturated rings. The predicted molar refractivity (Wildman–Crippen MR) is 76.2 cm³/mol. The van der Waals surface area contributed by atoms with Crippen molar-refractivity contribution in [2.24, 2.45) is 0 Å². The van der Waals surface area contributed by atoms with E-state index < -0.39 is 10.0 Å². The molecule has 1 N–H and O–H groups in total. The van der Waals surface area contributed by atoms with E-state index in [1.54, 1.807) is 0 Å². The third-order valence-corrected chi connectivity index (χ3v) is 4.28. The molecule has 1 aromatic rings. The normalized spacial score (nSPS) is 11.7. The molecule has 0 unspecified atom stereocenters. The largest absolute Gasteiger partial charge is 0.381 e. The summed E-state index contributed by atoms with van der Waals surface area (Å²) in [4.78, 5) is 0. The van der Waals surface area contributed by atoms with Gasteiger partial charge in [0, 0.05) is 18.5 Å². The van der Waals surface area contributed by atoms with Crippen LogP contribution in [0.3, 0.4) is 0 Å². The number of hydrogen-bond acceptors (Lipinski definition) is 3. The van der Waals surface area contributed by atoms with Crippen LogP contribution < -0.4 is 4.72 Å². The maximum atomic E-state index is 11.6. The van der Waals surface area contributed by atoms with Crippen LogP contribution >= 0.6 is 15.9 Å². The van der Waals surface area contributed by atoms with Crippen molar-refractivity contribution >= 4 is 26.0 Å². The molecule has 1 rings (SSSR count). The SMILES string of the molecule is CCOCCS(=O)(=O)NCc1cccc(CBr)c1. The van der Waals surface area contributed by atoms with Crippen molar-refractivity contribution in [2.75, 3.05) is 19.0 Å². The first-order chi connectivity index (χ1) is 8.57. The second kappa shape index (κ2) is 7.89. The topological polar surface area (TPSA) is 55.4 Å². The Labute approximate surface area is 117 Å². The molecule has 0 atom stereocenters. The van der Waals surface area contributed by atoms with Crippen molar-refractivity contribution in [2.45, 2.75) is 18.8 Å². The highest BCUT2D eigenvalue weighted by atomic mass is 79.9. The summed E-state index contributed by atoms with van der Waals surface area (Å²) in [6, 6.07) is 7.78. The summed E-state index contributed by atoms with van der Waals surface area (Å²) in [6.45, 7) is 2.91. The summed E-state index contributed by atoms with van der Waals surface area (Å²) >= 11 is 3.37. The second-order valence-electron chi connectivity index (χ2n) is 3.79. The zero-order chi connectivity index (χ0) is 13.4. The molecular weight excluding hydrogens is 318 g/mol. The summed E-state index contributed by atoms with van der Waals surface area (Å²) in [6.07, 6.45) is 0. The van der Waals surface area contributed by atoms with E-state index >= 15 is 0 Å². The summed E-state index contributed by atoms with van der Waals surface area (Å²) in [7, 11) is -3.26. The lowest BCUT2D eigenvalue weighted by Crippen LogP contribution is -2.28. The molecule has 0 aliphatic carbocycles. The van der Waals surface area contributed by atoms with Gasteiger partial charge in [0.2, 0.25) is 10.0 Å². The number of benzene rings is 1. The minimum atomic E-state index is -3.26. The highest BCUT2D eigenvalue weighted by molar-refractivity contribution is 9.08. The van der Waals surface area contributed by atoms with Crippen LogP contribution in [-0.2, 0) is 26.6 Å². The van der Waals surface area contributed by atoms with Gasteiger partial charge in [0.25, 0.3) is 0 Å². The van der Waals surface area contributed by atoms with Crippen LogP contribution in [0.1, 0.15) is 18.1 Å². The van der Waals surface area contributed by atoms with Gasteiger partial charge in [-0.3, -0.25) is 0 Å². The van der Waals surface area contributed by atoms with Gasteiger partial charge >= 0.3 is 0 Å². The lowest BCUT2D eigenvalue weighted by Gasteiger charge is -2.07. The molecule has 0 amide bonds. The monoisotopic (exact) mass is 335 g/mol. The van der Waals surface area contributed by atoms with E-state index in [2.05, 4.69) is 20.7 Å². The molecule has 0 aliphatic heterocycles. The average Bonchev–Trinajstić information content (AvgIpc) is 2.37. The van der Waals surface area contributed by atoms with E-state index in [-0.39, 0.29) is 12.4 Å². The van der Waals surface area contributed by atoms with Crippen molar-refractivity contribution in [3.05, 3.63) is 35.4 Å². The zero-order valence-electron chi connectivity index (χ0n) is 10.4. The zero-order valence-corrected chi connectivity index (χ0v) is 12.8. The molecule has 0 bridgehead atoms. The first-order valence-corrected chi connectivity index (χ1v) is 8.53. The van der Waals surface area contributed by atoms with Gasteiger partial charge < -0.3 is 4.74 Å². The van der Waals surface area contributed by atoms with Gasteiger partial charge in [-0.2, -0.15) is 0 Å². The minimum Gasteiger partial charge on any atom is -0.381 e. The quantitative estimate of drug-likeness (QED) is 0.584. The van der Waals surface area contributed by atoms with Gasteiger partial charge in [-0.05, 0) is 18.1 Å². The van der Waals surface area contributed by atoms with E-state index in [4.69, 9.17) is 4.74 Å². The summed E-state index contributed by atoms with van der Waals surface area (Å²) in [5.74, 6) is -0.00102. The Hall–Kier alpha value is -0.430. The number of rotatable bonds is 8. The summed E-state index contributed by atoms with van der Waals surface area (Å²) < 4.78 is 30.9. The van der Waals surface area contributed by atoms with E-state index in [9.17, 15) is 8.42 Å². The Kier molecular flexibility index (Phi) is 6.85. The molecule has 0 saturated carbocycles. The van der Waals surface area contributed by atoms with E-state index in [0.29, 0.717) is 13.2 Å². The predicted octanol–water partition coefficient (Wildman–Crippen LogP) is 2.04. The van der Waals surface area contributed by atoms with Crippen molar-refractivity contribution in [1.29, 1.82) is 0 Å². The van der Waals surface area contributed by atoms with Crippen molar-refractivity contribution in [1.82, 2.24) is 4.72 Å². The fourth-order valence-corrected chi connectivity index (χ4v) is 2.62. The average molecular weight is 336 g/mol. The lowest BCUT2D eigenvalue weighted by atomic mass is 10.1. The molecule has 18 heavy (non-hydrogen) atoms. The Morgan fingerprint density at radius 2 is 2.06 bits per heavy atom. The standard InChI is InChI=1S/C12H18BrNO3S/c1-2-17-6-7-18(15,16)14-10-12-5-3-4-11(8-12)9-13/h3-5,8,14H,2,6-7,9-10H2,1H3. The molecule has 0 saturated heterocycles. The van der Waals surface area contributed by atoms with Crippen LogP contribution in [0, 0.1) is 0 Å². The van der Waals surface area contributed by atoms with Gasteiger partial charge in [-0.1, -0.05) is 40.2 Å². The number of nitrogens with one attached hydrogen (secondary N) is 1. The number of halogens is 1. The van der Waals surface area contributed by atoms with Crippen LogP contribution in [0.25, 0.3) is 0 Å². The number of alkyl halides is 1. The number of hydrogen-bond donors (Lipinski definition) is 1. The molecule has 6 heteroatoms. The van der Waals surface area contributed by atoms with Gasteiger partial charge in [0.15, 0.2) is 0 Å². The fourth-order valence-electron chi connectivity index (χ4n) is 1.40. The smallest absolute Gasteiger partial charge is 0.214 e. The van der Waals surface area contributed by atoms with Gasteiger partial charge in [0.05, 0.1) is 12.4 Å². The molecule has 0 radical (unpaired) electrons. The number of ether oxygens (including phenoxy) is 1. The molecule has 1 aromatic carbocycles.